The smallest absolute Gasteiger partial charge is 0.457 e. The first kappa shape index (κ1) is 25.5. The molecule has 0 aromatic carbocycles. The van der Waals surface area contributed by atoms with Crippen molar-refractivity contribution in [1.29, 1.82) is 0 Å². The van der Waals surface area contributed by atoms with Crippen molar-refractivity contribution >= 4 is 0 Å². The van der Waals surface area contributed by atoms with Crippen LogP contribution >= 0.6 is 0 Å². The van der Waals surface area contributed by atoms with Crippen molar-refractivity contribution in [3.05, 3.63) is 12.8 Å². The molecule has 0 N–H and O–H groups in total. The van der Waals surface area contributed by atoms with Gasteiger partial charge in [0.15, 0.2) is 0 Å². The zero-order valence-electron chi connectivity index (χ0n) is 13.1. The molecule has 2 nitrogen and oxygen atoms in total. The van der Waals surface area contributed by atoms with Crippen LogP contribution in [0.1, 0.15) is 0 Å². The average molecular weight is 468 g/mol. The molecule has 1 aliphatic rings. The van der Waals surface area contributed by atoms with Gasteiger partial charge in [0.1, 0.15) is 5.92 Å². The minimum Gasteiger partial charge on any atom is -0.481 e. The molecule has 0 aromatic rings. The van der Waals surface area contributed by atoms with Gasteiger partial charge in [0, 0.05) is 0 Å². The maximum Gasteiger partial charge on any atom is 0.457 e. The Morgan fingerprint density at radius 1 is 0.724 bits per heavy atom. The summed E-state index contributed by atoms with van der Waals surface area (Å²) >= 11 is 0. The van der Waals surface area contributed by atoms with Crippen molar-refractivity contribution in [1.82, 2.24) is 0 Å². The molecule has 17 heteroatoms. The molecule has 0 aromatic heterocycles. The first-order valence-electron chi connectivity index (χ1n) is 6.78. The minimum atomic E-state index is -7.61. The normalized spacial score (nSPS) is 21.0. The second-order valence-corrected chi connectivity index (χ2v) is 5.63. The molecule has 0 radical (unpaired) electrons. The molecule has 2 unspecified atom stereocenters. The SMILES string of the molecule is C=COC(C(C1CO1)C(F)(F)C(F)(F)F)(C(F)(F)C(F)(F)F)C(F)(F)C(F)(F)F. The van der Waals surface area contributed by atoms with Crippen LogP contribution in [0, 0.1) is 5.92 Å². The third-order valence-corrected chi connectivity index (χ3v) is 3.85. The fourth-order valence-electron chi connectivity index (χ4n) is 2.54. The van der Waals surface area contributed by atoms with Gasteiger partial charge in [-0.25, -0.2) is 0 Å². The molecule has 0 aliphatic carbocycles. The van der Waals surface area contributed by atoms with E-state index in [0.717, 1.165) is 0 Å². The molecule has 0 saturated carbocycles. The van der Waals surface area contributed by atoms with Gasteiger partial charge in [0.05, 0.1) is 19.0 Å². The third-order valence-electron chi connectivity index (χ3n) is 3.85. The minimum absolute atomic E-state index is 0.957. The average Bonchev–Trinajstić information content (AvgIpc) is 3.26. The molecular formula is C12H7F15O2. The Hall–Kier alpha value is -1.55. The summed E-state index contributed by atoms with van der Waals surface area (Å²) in [5.41, 5.74) is -6.88. The van der Waals surface area contributed by atoms with Gasteiger partial charge in [0.25, 0.3) is 5.60 Å². The van der Waals surface area contributed by atoms with E-state index in [4.69, 9.17) is 0 Å². The van der Waals surface area contributed by atoms with Crippen molar-refractivity contribution < 1.29 is 75.3 Å². The van der Waals surface area contributed by atoms with E-state index >= 15 is 0 Å². The number of epoxide rings is 1. The summed E-state index contributed by atoms with van der Waals surface area (Å²) in [5, 5.41) is 0. The zero-order chi connectivity index (χ0) is 23.5. The molecule has 29 heavy (non-hydrogen) atoms. The molecule has 1 rings (SSSR count). The summed E-state index contributed by atoms with van der Waals surface area (Å²) in [4.78, 5) is 0. The summed E-state index contributed by atoms with van der Waals surface area (Å²) in [7, 11) is 0. The number of rotatable bonds is 7. The lowest BCUT2D eigenvalue weighted by atomic mass is 9.70. The van der Waals surface area contributed by atoms with Crippen molar-refractivity contribution in [2.24, 2.45) is 5.92 Å². The molecule has 1 aliphatic heterocycles. The Labute approximate surface area is 150 Å². The van der Waals surface area contributed by atoms with Gasteiger partial charge in [0.2, 0.25) is 0 Å². The number of ether oxygens (including phenoxy) is 2. The summed E-state index contributed by atoms with van der Waals surface area (Å²) in [5.74, 6) is -27.4. The Balaban J connectivity index is 4.14. The van der Waals surface area contributed by atoms with Crippen LogP contribution in [-0.2, 0) is 9.47 Å². The highest BCUT2D eigenvalue weighted by Gasteiger charge is 2.93. The summed E-state index contributed by atoms with van der Waals surface area (Å²) < 4.78 is 205. The van der Waals surface area contributed by atoms with Crippen LogP contribution in [0.5, 0.6) is 0 Å². The lowest BCUT2D eigenvalue weighted by molar-refractivity contribution is -0.455. The molecular weight excluding hydrogens is 461 g/mol. The van der Waals surface area contributed by atoms with Gasteiger partial charge in [-0.1, -0.05) is 6.58 Å². The van der Waals surface area contributed by atoms with Crippen molar-refractivity contribution in [2.45, 2.75) is 48.0 Å². The van der Waals surface area contributed by atoms with E-state index in [1.807, 2.05) is 0 Å². The summed E-state index contributed by atoms with van der Waals surface area (Å²) in [6, 6.07) is 0. The summed E-state index contributed by atoms with van der Waals surface area (Å²) in [6.45, 7) is 0.583. The Morgan fingerprint density at radius 2 is 1.07 bits per heavy atom. The maximum absolute atomic E-state index is 14.0. The fraction of sp³-hybridized carbons (Fsp3) is 0.833. The van der Waals surface area contributed by atoms with Gasteiger partial charge in [-0.15, -0.1) is 0 Å². The van der Waals surface area contributed by atoms with E-state index in [1.165, 1.54) is 0 Å². The van der Waals surface area contributed by atoms with Gasteiger partial charge in [-0.2, -0.15) is 65.9 Å². The number of halogens is 15. The van der Waals surface area contributed by atoms with Crippen LogP contribution in [0.4, 0.5) is 65.9 Å². The van der Waals surface area contributed by atoms with Gasteiger partial charge < -0.3 is 9.47 Å². The number of alkyl halides is 15. The molecule has 1 heterocycles. The van der Waals surface area contributed by atoms with Crippen LogP contribution in [0.15, 0.2) is 12.8 Å². The molecule has 0 spiro atoms. The maximum atomic E-state index is 14.0. The highest BCUT2D eigenvalue weighted by atomic mass is 19.4. The molecule has 0 amide bonds. The van der Waals surface area contributed by atoms with E-state index in [1.54, 1.807) is 0 Å². The van der Waals surface area contributed by atoms with Crippen molar-refractivity contribution in [3.63, 3.8) is 0 Å². The van der Waals surface area contributed by atoms with E-state index < -0.39 is 66.8 Å². The Bertz CT molecular complexity index is 584. The van der Waals surface area contributed by atoms with E-state index in [0.29, 0.717) is 0 Å². The van der Waals surface area contributed by atoms with Gasteiger partial charge in [-0.05, 0) is 0 Å². The summed E-state index contributed by atoms with van der Waals surface area (Å²) in [6.07, 6.45) is -26.3. The second kappa shape index (κ2) is 6.73. The lowest BCUT2D eigenvalue weighted by Gasteiger charge is -2.50. The van der Waals surface area contributed by atoms with E-state index in [9.17, 15) is 65.9 Å². The molecule has 172 valence electrons. The third kappa shape index (κ3) is 3.58. The first-order chi connectivity index (χ1) is 12.5. The van der Waals surface area contributed by atoms with E-state index in [-0.39, 0.29) is 0 Å². The van der Waals surface area contributed by atoms with Crippen LogP contribution in [-0.4, -0.2) is 54.6 Å². The lowest BCUT2D eigenvalue weighted by Crippen LogP contribution is -2.78. The largest absolute Gasteiger partial charge is 0.481 e. The van der Waals surface area contributed by atoms with Gasteiger partial charge in [-0.3, -0.25) is 0 Å². The molecule has 0 bridgehead atoms. The molecule has 1 saturated heterocycles. The van der Waals surface area contributed by atoms with Crippen molar-refractivity contribution in [3.8, 4) is 0 Å². The number of hydrogen-bond donors (Lipinski definition) is 0. The fourth-order valence-corrected chi connectivity index (χ4v) is 2.54. The quantitative estimate of drug-likeness (QED) is 0.280. The van der Waals surface area contributed by atoms with E-state index in [2.05, 4.69) is 16.1 Å². The van der Waals surface area contributed by atoms with Crippen LogP contribution in [0.25, 0.3) is 0 Å². The van der Waals surface area contributed by atoms with Crippen LogP contribution in [0.3, 0.4) is 0 Å². The molecule has 2 atom stereocenters. The van der Waals surface area contributed by atoms with Crippen molar-refractivity contribution in [2.75, 3.05) is 6.61 Å². The Kier molecular flexibility index (Phi) is 5.92. The predicted octanol–water partition coefficient (Wildman–Crippen LogP) is 5.49. The molecule has 1 fully saturated rings. The highest BCUT2D eigenvalue weighted by molar-refractivity contribution is 5.20. The second-order valence-electron chi connectivity index (χ2n) is 5.63. The van der Waals surface area contributed by atoms with Crippen LogP contribution in [0.2, 0.25) is 0 Å². The zero-order valence-corrected chi connectivity index (χ0v) is 13.1. The highest BCUT2D eigenvalue weighted by Crippen LogP contribution is 2.65. The first-order valence-corrected chi connectivity index (χ1v) is 6.78. The standard InChI is InChI=1S/C12H7F15O2/c1-2-29-6(8(15,16)11(22,23)24,9(17,18)12(25,26)27)5(4-3-28-4)7(13,14)10(19,20)21/h2,4-5H,1,3H2. The topological polar surface area (TPSA) is 21.8 Å². The monoisotopic (exact) mass is 468 g/mol. The van der Waals surface area contributed by atoms with Crippen LogP contribution < -0.4 is 0 Å². The Morgan fingerprint density at radius 3 is 1.28 bits per heavy atom. The predicted molar refractivity (Wildman–Crippen MR) is 60.2 cm³/mol. The van der Waals surface area contributed by atoms with Gasteiger partial charge >= 0.3 is 36.3 Å². The number of hydrogen-bond acceptors (Lipinski definition) is 2.